The van der Waals surface area contributed by atoms with Crippen LogP contribution in [0.2, 0.25) is 0 Å². The lowest BCUT2D eigenvalue weighted by molar-refractivity contribution is 0.0679. The van der Waals surface area contributed by atoms with Crippen molar-refractivity contribution in [2.75, 3.05) is 31.6 Å². The third-order valence-electron chi connectivity index (χ3n) is 4.74. The Bertz CT molecular complexity index is 939. The highest BCUT2D eigenvalue weighted by Gasteiger charge is 2.16. The van der Waals surface area contributed by atoms with Gasteiger partial charge in [-0.1, -0.05) is 23.3 Å². The number of para-hydroxylation sites is 1. The zero-order valence-corrected chi connectivity index (χ0v) is 16.5. The van der Waals surface area contributed by atoms with Crippen LogP contribution in [0.25, 0.3) is 5.69 Å². The molecule has 0 bridgehead atoms. The topological polar surface area (TPSA) is 103 Å². The van der Waals surface area contributed by atoms with Crippen LogP contribution in [0.15, 0.2) is 54.6 Å². The van der Waals surface area contributed by atoms with Crippen molar-refractivity contribution >= 4 is 11.9 Å². The summed E-state index contributed by atoms with van der Waals surface area (Å²) in [6, 6.07) is 16.7. The van der Waals surface area contributed by atoms with Gasteiger partial charge < -0.3 is 20.1 Å². The van der Waals surface area contributed by atoms with Gasteiger partial charge in [-0.2, -0.15) is 4.68 Å². The summed E-state index contributed by atoms with van der Waals surface area (Å²) in [4.78, 5) is 12.3. The highest BCUT2D eigenvalue weighted by Crippen LogP contribution is 2.16. The van der Waals surface area contributed by atoms with Gasteiger partial charge in [0.1, 0.15) is 12.4 Å². The Balaban J connectivity index is 1.21. The molecular weight excluding hydrogens is 384 g/mol. The third-order valence-corrected chi connectivity index (χ3v) is 4.74. The Morgan fingerprint density at radius 2 is 1.97 bits per heavy atom. The molecule has 1 amide bonds. The fourth-order valence-electron chi connectivity index (χ4n) is 3.16. The smallest absolute Gasteiger partial charge is 0.251 e. The van der Waals surface area contributed by atoms with Crippen LogP contribution >= 0.6 is 0 Å². The minimum Gasteiger partial charge on any atom is -0.491 e. The van der Waals surface area contributed by atoms with Crippen molar-refractivity contribution < 1.29 is 14.3 Å². The number of hydrogen-bond donors (Lipinski definition) is 2. The normalized spacial score (nSPS) is 15.7. The van der Waals surface area contributed by atoms with Crippen LogP contribution in [-0.4, -0.2) is 58.5 Å². The monoisotopic (exact) mass is 408 g/mol. The number of rotatable bonds is 9. The summed E-state index contributed by atoms with van der Waals surface area (Å²) < 4.78 is 12.9. The summed E-state index contributed by atoms with van der Waals surface area (Å²) in [5.41, 5.74) is 1.43. The van der Waals surface area contributed by atoms with Crippen LogP contribution < -0.4 is 15.4 Å². The Labute approximate surface area is 174 Å². The van der Waals surface area contributed by atoms with Crippen LogP contribution in [0.1, 0.15) is 23.2 Å². The standard InChI is InChI=1S/C21H24N6O3/c28-20(16-8-10-18(11-9-16)30-15-19-7-4-14-29-19)22-12-13-23-21-24-25-26-27(21)17-5-2-1-3-6-17/h1-3,5-6,8-11,19H,4,7,12-15H2,(H,22,28)(H,23,24,26)/t19-/m0/s1. The molecule has 2 N–H and O–H groups in total. The number of ether oxygens (including phenoxy) is 2. The predicted molar refractivity (Wildman–Crippen MR) is 111 cm³/mol. The molecule has 1 aromatic heterocycles. The fourth-order valence-corrected chi connectivity index (χ4v) is 3.16. The summed E-state index contributed by atoms with van der Waals surface area (Å²) >= 11 is 0. The molecule has 1 atom stereocenters. The molecule has 9 nitrogen and oxygen atoms in total. The lowest BCUT2D eigenvalue weighted by Crippen LogP contribution is -2.29. The number of nitrogens with zero attached hydrogens (tertiary/aromatic N) is 4. The molecule has 30 heavy (non-hydrogen) atoms. The van der Waals surface area contributed by atoms with E-state index in [1.165, 1.54) is 0 Å². The summed E-state index contributed by atoms with van der Waals surface area (Å²) in [5, 5.41) is 17.7. The molecule has 1 fully saturated rings. The van der Waals surface area contributed by atoms with E-state index in [4.69, 9.17) is 9.47 Å². The van der Waals surface area contributed by atoms with Gasteiger partial charge in [0, 0.05) is 25.3 Å². The first-order valence-electron chi connectivity index (χ1n) is 10.00. The number of hydrogen-bond acceptors (Lipinski definition) is 7. The van der Waals surface area contributed by atoms with E-state index in [0.717, 1.165) is 30.9 Å². The number of amides is 1. The minimum atomic E-state index is -0.148. The maximum Gasteiger partial charge on any atom is 0.251 e. The molecule has 2 heterocycles. The average molecular weight is 408 g/mol. The van der Waals surface area contributed by atoms with Crippen molar-refractivity contribution in [3.63, 3.8) is 0 Å². The van der Waals surface area contributed by atoms with Gasteiger partial charge in [0.05, 0.1) is 11.8 Å². The largest absolute Gasteiger partial charge is 0.491 e. The van der Waals surface area contributed by atoms with E-state index in [-0.39, 0.29) is 12.0 Å². The van der Waals surface area contributed by atoms with Gasteiger partial charge in [0.25, 0.3) is 5.91 Å². The van der Waals surface area contributed by atoms with Crippen molar-refractivity contribution in [2.45, 2.75) is 18.9 Å². The Morgan fingerprint density at radius 3 is 2.73 bits per heavy atom. The molecule has 1 aliphatic heterocycles. The first-order valence-corrected chi connectivity index (χ1v) is 10.00. The molecule has 1 saturated heterocycles. The SMILES string of the molecule is O=C(NCCNc1nnnn1-c1ccccc1)c1ccc(OC[C@@H]2CCCO2)cc1. The number of benzene rings is 2. The fraction of sp³-hybridized carbons (Fsp3) is 0.333. The summed E-state index contributed by atoms with van der Waals surface area (Å²) in [5.74, 6) is 1.10. The second kappa shape index (κ2) is 9.84. The van der Waals surface area contributed by atoms with Crippen LogP contribution in [-0.2, 0) is 4.74 Å². The van der Waals surface area contributed by atoms with Gasteiger partial charge in [-0.15, -0.1) is 0 Å². The molecule has 9 heteroatoms. The zero-order valence-electron chi connectivity index (χ0n) is 16.5. The lowest BCUT2D eigenvalue weighted by atomic mass is 10.2. The number of carbonyl (C=O) groups excluding carboxylic acids is 1. The van der Waals surface area contributed by atoms with E-state index in [9.17, 15) is 4.79 Å². The molecule has 0 unspecified atom stereocenters. The number of carbonyl (C=O) groups is 1. The summed E-state index contributed by atoms with van der Waals surface area (Å²) in [7, 11) is 0. The van der Waals surface area contributed by atoms with Crippen LogP contribution in [0.3, 0.4) is 0 Å². The number of aromatic nitrogens is 4. The number of anilines is 1. The van der Waals surface area contributed by atoms with E-state index in [0.29, 0.717) is 31.2 Å². The molecule has 4 rings (SSSR count). The minimum absolute atomic E-state index is 0.148. The molecule has 0 aliphatic carbocycles. The van der Waals surface area contributed by atoms with Crippen molar-refractivity contribution in [3.8, 4) is 11.4 Å². The van der Waals surface area contributed by atoms with Gasteiger partial charge in [-0.05, 0) is 59.7 Å². The van der Waals surface area contributed by atoms with Gasteiger partial charge in [-0.3, -0.25) is 4.79 Å². The highest BCUT2D eigenvalue weighted by atomic mass is 16.5. The van der Waals surface area contributed by atoms with E-state index in [2.05, 4.69) is 26.2 Å². The molecule has 3 aromatic rings. The molecule has 0 spiro atoms. The molecule has 156 valence electrons. The second-order valence-corrected chi connectivity index (χ2v) is 6.90. The molecule has 0 saturated carbocycles. The van der Waals surface area contributed by atoms with Gasteiger partial charge >= 0.3 is 0 Å². The highest BCUT2D eigenvalue weighted by molar-refractivity contribution is 5.94. The van der Waals surface area contributed by atoms with Gasteiger partial charge in [0.2, 0.25) is 5.95 Å². The Hall–Kier alpha value is -3.46. The van der Waals surface area contributed by atoms with Crippen LogP contribution in [0.4, 0.5) is 5.95 Å². The Morgan fingerprint density at radius 1 is 1.13 bits per heavy atom. The van der Waals surface area contributed by atoms with E-state index >= 15 is 0 Å². The van der Waals surface area contributed by atoms with Crippen molar-refractivity contribution in [1.29, 1.82) is 0 Å². The first-order chi connectivity index (χ1) is 14.8. The van der Waals surface area contributed by atoms with Crippen molar-refractivity contribution in [1.82, 2.24) is 25.5 Å². The van der Waals surface area contributed by atoms with E-state index in [1.807, 2.05) is 30.3 Å². The van der Waals surface area contributed by atoms with E-state index < -0.39 is 0 Å². The maximum atomic E-state index is 12.3. The lowest BCUT2D eigenvalue weighted by Gasteiger charge is -2.12. The average Bonchev–Trinajstić information content (AvgIpc) is 3.48. The molecule has 0 radical (unpaired) electrons. The summed E-state index contributed by atoms with van der Waals surface area (Å²) in [6.45, 7) is 2.27. The molecular formula is C21H24N6O3. The molecule has 2 aromatic carbocycles. The van der Waals surface area contributed by atoms with E-state index in [1.54, 1.807) is 28.9 Å². The van der Waals surface area contributed by atoms with Crippen LogP contribution in [0.5, 0.6) is 5.75 Å². The first kappa shape index (κ1) is 19.8. The second-order valence-electron chi connectivity index (χ2n) is 6.90. The maximum absolute atomic E-state index is 12.3. The van der Waals surface area contributed by atoms with Crippen LogP contribution in [0, 0.1) is 0 Å². The quantitative estimate of drug-likeness (QED) is 0.523. The number of nitrogens with one attached hydrogen (secondary N) is 2. The zero-order chi connectivity index (χ0) is 20.6. The molecule has 1 aliphatic rings. The van der Waals surface area contributed by atoms with Crippen molar-refractivity contribution in [3.05, 3.63) is 60.2 Å². The third kappa shape index (κ3) is 5.12. The Kier molecular flexibility index (Phi) is 6.51. The summed E-state index contributed by atoms with van der Waals surface area (Å²) in [6.07, 6.45) is 2.29. The van der Waals surface area contributed by atoms with Crippen molar-refractivity contribution in [2.24, 2.45) is 0 Å². The van der Waals surface area contributed by atoms with Gasteiger partial charge in [-0.25, -0.2) is 0 Å². The predicted octanol–water partition coefficient (Wildman–Crippen LogP) is 2.06. The van der Waals surface area contributed by atoms with Gasteiger partial charge in [0.15, 0.2) is 0 Å². The number of tetrazole rings is 1.